The molecule has 0 fully saturated rings. The molecule has 0 aliphatic carbocycles. The molecule has 0 amide bonds. The molecule has 18 heavy (non-hydrogen) atoms. The Morgan fingerprint density at radius 2 is 1.78 bits per heavy atom. The number of benzene rings is 1. The highest BCUT2D eigenvalue weighted by atomic mass is 14.7. The van der Waals surface area contributed by atoms with Crippen LogP contribution in [0.15, 0.2) is 24.4 Å². The van der Waals surface area contributed by atoms with Gasteiger partial charge < -0.3 is 4.98 Å². The molecule has 0 atom stereocenters. The lowest BCUT2D eigenvalue weighted by atomic mass is 10.0. The van der Waals surface area contributed by atoms with E-state index in [1.807, 2.05) is 0 Å². The monoisotopic (exact) mass is 243 g/mol. The van der Waals surface area contributed by atoms with Crippen molar-refractivity contribution in [2.75, 3.05) is 0 Å². The Hall–Kier alpha value is -1.24. The second kappa shape index (κ2) is 6.63. The van der Waals surface area contributed by atoms with Gasteiger partial charge in [0.05, 0.1) is 0 Å². The van der Waals surface area contributed by atoms with Gasteiger partial charge in [-0.1, -0.05) is 50.7 Å². The number of nitrogens with one attached hydrogen (secondary N) is 1. The molecule has 2 aromatic rings. The van der Waals surface area contributed by atoms with Crippen LogP contribution >= 0.6 is 0 Å². The van der Waals surface area contributed by atoms with Crippen LogP contribution in [0.2, 0.25) is 0 Å². The van der Waals surface area contributed by atoms with Gasteiger partial charge in [-0.15, -0.1) is 0 Å². The second-order valence-electron chi connectivity index (χ2n) is 5.38. The summed E-state index contributed by atoms with van der Waals surface area (Å²) in [6.07, 6.45) is 11.6. The first-order chi connectivity index (χ1) is 8.81. The highest BCUT2D eigenvalue weighted by Crippen LogP contribution is 2.21. The van der Waals surface area contributed by atoms with Crippen LogP contribution < -0.4 is 0 Å². The summed E-state index contributed by atoms with van der Waals surface area (Å²) in [5.74, 6) is 0. The summed E-state index contributed by atoms with van der Waals surface area (Å²) in [6, 6.07) is 6.67. The molecule has 1 N–H and O–H groups in total. The topological polar surface area (TPSA) is 15.8 Å². The lowest BCUT2D eigenvalue weighted by Gasteiger charge is -2.01. The van der Waals surface area contributed by atoms with Crippen molar-refractivity contribution in [2.45, 2.75) is 58.8 Å². The lowest BCUT2D eigenvalue weighted by Crippen LogP contribution is -1.85. The van der Waals surface area contributed by atoms with Crippen LogP contribution in [0.25, 0.3) is 10.9 Å². The molecule has 1 aromatic carbocycles. The van der Waals surface area contributed by atoms with Crippen molar-refractivity contribution >= 4 is 10.9 Å². The zero-order valence-corrected chi connectivity index (χ0v) is 11.8. The standard InChI is InChI=1S/C17H25N/c1-3-4-5-6-7-8-9-15-13-18-17-11-10-14(2)12-16(15)17/h10-13,18H,3-9H2,1-2H3. The van der Waals surface area contributed by atoms with Gasteiger partial charge in [-0.25, -0.2) is 0 Å². The Morgan fingerprint density at radius 1 is 1.00 bits per heavy atom. The largest absolute Gasteiger partial charge is 0.361 e. The molecule has 0 radical (unpaired) electrons. The molecule has 0 saturated carbocycles. The van der Waals surface area contributed by atoms with Crippen molar-refractivity contribution < 1.29 is 0 Å². The van der Waals surface area contributed by atoms with Crippen molar-refractivity contribution in [2.24, 2.45) is 0 Å². The van der Waals surface area contributed by atoms with E-state index in [4.69, 9.17) is 0 Å². The van der Waals surface area contributed by atoms with Crippen LogP contribution in [-0.4, -0.2) is 4.98 Å². The summed E-state index contributed by atoms with van der Waals surface area (Å²) in [6.45, 7) is 4.44. The maximum absolute atomic E-state index is 3.38. The van der Waals surface area contributed by atoms with Gasteiger partial charge in [-0.05, 0) is 37.5 Å². The smallest absolute Gasteiger partial charge is 0.0456 e. The number of rotatable bonds is 7. The van der Waals surface area contributed by atoms with Gasteiger partial charge in [0, 0.05) is 17.1 Å². The van der Waals surface area contributed by atoms with E-state index in [9.17, 15) is 0 Å². The molecule has 0 aliphatic heterocycles. The minimum Gasteiger partial charge on any atom is -0.361 e. The third-order valence-electron chi connectivity index (χ3n) is 3.72. The Balaban J connectivity index is 1.86. The molecule has 0 bridgehead atoms. The van der Waals surface area contributed by atoms with E-state index in [1.165, 1.54) is 67.0 Å². The number of hydrogen-bond acceptors (Lipinski definition) is 0. The quantitative estimate of drug-likeness (QED) is 0.628. The minimum atomic E-state index is 1.22. The molecule has 1 aromatic heterocycles. The van der Waals surface area contributed by atoms with E-state index in [0.29, 0.717) is 0 Å². The number of H-pyrrole nitrogens is 1. The van der Waals surface area contributed by atoms with Crippen LogP contribution in [-0.2, 0) is 6.42 Å². The van der Waals surface area contributed by atoms with E-state index in [0.717, 1.165) is 0 Å². The van der Waals surface area contributed by atoms with Crippen LogP contribution in [0.4, 0.5) is 0 Å². The number of unbranched alkanes of at least 4 members (excludes halogenated alkanes) is 5. The highest BCUT2D eigenvalue weighted by molar-refractivity contribution is 5.83. The van der Waals surface area contributed by atoms with Gasteiger partial charge >= 0.3 is 0 Å². The predicted octanol–water partition coefficient (Wildman–Crippen LogP) is 5.38. The zero-order chi connectivity index (χ0) is 12.8. The van der Waals surface area contributed by atoms with Crippen LogP contribution in [0.3, 0.4) is 0 Å². The first kappa shape index (κ1) is 13.2. The maximum atomic E-state index is 3.38. The Kier molecular flexibility index (Phi) is 4.86. The molecule has 1 nitrogen and oxygen atoms in total. The Bertz CT molecular complexity index is 481. The molecule has 2 rings (SSSR count). The summed E-state index contributed by atoms with van der Waals surface area (Å²) >= 11 is 0. The van der Waals surface area contributed by atoms with Gasteiger partial charge in [0.15, 0.2) is 0 Å². The predicted molar refractivity (Wildman–Crippen MR) is 80.1 cm³/mol. The summed E-state index contributed by atoms with van der Waals surface area (Å²) in [5.41, 5.74) is 4.12. The molecule has 1 heterocycles. The van der Waals surface area contributed by atoms with E-state index >= 15 is 0 Å². The van der Waals surface area contributed by atoms with Crippen LogP contribution in [0, 0.1) is 6.92 Å². The van der Waals surface area contributed by atoms with Crippen molar-refractivity contribution in [1.29, 1.82) is 0 Å². The average molecular weight is 243 g/mol. The first-order valence-corrected chi connectivity index (χ1v) is 7.38. The zero-order valence-electron chi connectivity index (χ0n) is 11.8. The number of hydrogen-bond donors (Lipinski definition) is 1. The first-order valence-electron chi connectivity index (χ1n) is 7.38. The third kappa shape index (κ3) is 3.38. The van der Waals surface area contributed by atoms with Gasteiger partial charge in [0.2, 0.25) is 0 Å². The summed E-state index contributed by atoms with van der Waals surface area (Å²) < 4.78 is 0. The third-order valence-corrected chi connectivity index (χ3v) is 3.72. The summed E-state index contributed by atoms with van der Waals surface area (Å²) in [7, 11) is 0. The van der Waals surface area contributed by atoms with Crippen molar-refractivity contribution in [3.8, 4) is 0 Å². The maximum Gasteiger partial charge on any atom is 0.0456 e. The second-order valence-corrected chi connectivity index (χ2v) is 5.38. The highest BCUT2D eigenvalue weighted by Gasteiger charge is 2.03. The van der Waals surface area contributed by atoms with Gasteiger partial charge in [0.1, 0.15) is 0 Å². The molecule has 0 aliphatic rings. The van der Waals surface area contributed by atoms with Crippen molar-refractivity contribution in [1.82, 2.24) is 4.98 Å². The number of fused-ring (bicyclic) bond motifs is 1. The summed E-state index contributed by atoms with van der Waals surface area (Å²) in [5, 5.41) is 1.42. The molecule has 0 unspecified atom stereocenters. The number of aromatic nitrogens is 1. The molecular weight excluding hydrogens is 218 g/mol. The van der Waals surface area contributed by atoms with E-state index < -0.39 is 0 Å². The molecule has 0 spiro atoms. The molecular formula is C17H25N. The number of aromatic amines is 1. The van der Waals surface area contributed by atoms with E-state index in [1.54, 1.807) is 0 Å². The van der Waals surface area contributed by atoms with Crippen LogP contribution in [0.5, 0.6) is 0 Å². The van der Waals surface area contributed by atoms with Crippen molar-refractivity contribution in [3.05, 3.63) is 35.5 Å². The molecule has 1 heteroatoms. The average Bonchev–Trinajstić information content (AvgIpc) is 2.76. The minimum absolute atomic E-state index is 1.22. The normalized spacial score (nSPS) is 11.2. The van der Waals surface area contributed by atoms with Gasteiger partial charge in [0.25, 0.3) is 0 Å². The van der Waals surface area contributed by atoms with E-state index in [-0.39, 0.29) is 0 Å². The molecule has 98 valence electrons. The SMILES string of the molecule is CCCCCCCCc1c[nH]c2ccc(C)cc12. The Labute approximate surface area is 111 Å². The van der Waals surface area contributed by atoms with E-state index in [2.05, 4.69) is 43.2 Å². The van der Waals surface area contributed by atoms with Crippen LogP contribution in [0.1, 0.15) is 56.6 Å². The molecule has 0 saturated heterocycles. The fraction of sp³-hybridized carbons (Fsp3) is 0.529. The lowest BCUT2D eigenvalue weighted by molar-refractivity contribution is 0.608. The Morgan fingerprint density at radius 3 is 2.61 bits per heavy atom. The summed E-state index contributed by atoms with van der Waals surface area (Å²) in [4.78, 5) is 3.38. The van der Waals surface area contributed by atoms with Gasteiger partial charge in [-0.3, -0.25) is 0 Å². The van der Waals surface area contributed by atoms with Gasteiger partial charge in [-0.2, -0.15) is 0 Å². The number of aryl methyl sites for hydroxylation is 2. The van der Waals surface area contributed by atoms with Crippen molar-refractivity contribution in [3.63, 3.8) is 0 Å². The fourth-order valence-corrected chi connectivity index (χ4v) is 2.59. The fourth-order valence-electron chi connectivity index (χ4n) is 2.59.